The van der Waals surface area contributed by atoms with Gasteiger partial charge in [0, 0.05) is 18.1 Å². The van der Waals surface area contributed by atoms with E-state index in [4.69, 9.17) is 23.5 Å². The molecule has 3 aliphatic rings. The summed E-state index contributed by atoms with van der Waals surface area (Å²) >= 11 is 0. The summed E-state index contributed by atoms with van der Waals surface area (Å²) < 4.78 is 44.4. The van der Waals surface area contributed by atoms with Crippen LogP contribution in [0, 0.1) is 11.7 Å². The van der Waals surface area contributed by atoms with Gasteiger partial charge in [-0.1, -0.05) is 6.07 Å². The van der Waals surface area contributed by atoms with E-state index in [-0.39, 0.29) is 18.2 Å². The second-order valence-corrected chi connectivity index (χ2v) is 10.2. The number of ether oxygens (including phenoxy) is 3. The van der Waals surface area contributed by atoms with Gasteiger partial charge < -0.3 is 23.5 Å². The number of rotatable bonds is 6. The van der Waals surface area contributed by atoms with Crippen molar-refractivity contribution in [2.24, 2.45) is 5.92 Å². The molecule has 1 atom stereocenters. The Labute approximate surface area is 186 Å². The molecule has 0 N–H and O–H groups in total. The Morgan fingerprint density at radius 1 is 1.00 bits per heavy atom. The summed E-state index contributed by atoms with van der Waals surface area (Å²) in [5.74, 6) is 0.658. The Morgan fingerprint density at radius 2 is 1.71 bits per heavy atom. The van der Waals surface area contributed by atoms with Crippen molar-refractivity contribution in [3.05, 3.63) is 24.0 Å². The van der Waals surface area contributed by atoms with Crippen molar-refractivity contribution in [1.82, 2.24) is 0 Å². The first kappa shape index (κ1) is 23.0. The van der Waals surface area contributed by atoms with Gasteiger partial charge in [0.05, 0.1) is 23.9 Å². The van der Waals surface area contributed by atoms with E-state index in [0.29, 0.717) is 23.7 Å². The first-order valence-electron chi connectivity index (χ1n) is 11.8. The first-order valence-corrected chi connectivity index (χ1v) is 11.8. The lowest BCUT2D eigenvalue weighted by Gasteiger charge is -2.32. The average Bonchev–Trinajstić information content (AvgIpc) is 2.95. The molecular formula is C24H36BFO5. The first-order chi connectivity index (χ1) is 14.7. The van der Waals surface area contributed by atoms with Gasteiger partial charge in [0.25, 0.3) is 0 Å². The molecule has 2 aliphatic heterocycles. The highest BCUT2D eigenvalue weighted by molar-refractivity contribution is 6.62. The molecule has 1 aliphatic carbocycles. The van der Waals surface area contributed by atoms with Gasteiger partial charge in [0.15, 0.2) is 6.29 Å². The zero-order valence-corrected chi connectivity index (χ0v) is 19.3. The lowest BCUT2D eigenvalue weighted by molar-refractivity contribution is -0.194. The Balaban J connectivity index is 1.24. The van der Waals surface area contributed by atoms with E-state index in [0.717, 1.165) is 45.1 Å². The predicted octanol–water partition coefficient (Wildman–Crippen LogP) is 4.61. The summed E-state index contributed by atoms with van der Waals surface area (Å²) in [6.07, 6.45) is 7.80. The summed E-state index contributed by atoms with van der Waals surface area (Å²) in [7, 11) is -0.706. The van der Waals surface area contributed by atoms with Gasteiger partial charge in [-0.05, 0) is 84.6 Å². The summed E-state index contributed by atoms with van der Waals surface area (Å²) in [5, 5.41) is 0. The molecule has 0 radical (unpaired) electrons. The zero-order valence-electron chi connectivity index (χ0n) is 19.3. The standard InChI is InChI=1S/C24H36BFO5/c1-23(2)24(3,4)31-25(30-23)20-13-12-19(15-21(20)26)28-16-17-8-10-18(11-9-17)29-22-7-5-6-14-27-22/h12-13,15,17-18,22H,5-11,14,16H2,1-4H3. The fourth-order valence-corrected chi connectivity index (χ4v) is 4.44. The highest BCUT2D eigenvalue weighted by Gasteiger charge is 2.52. The predicted molar refractivity (Wildman–Crippen MR) is 118 cm³/mol. The minimum atomic E-state index is -0.706. The molecule has 31 heavy (non-hydrogen) atoms. The van der Waals surface area contributed by atoms with Gasteiger partial charge in [0.1, 0.15) is 11.6 Å². The lowest BCUT2D eigenvalue weighted by Crippen LogP contribution is -2.41. The Kier molecular flexibility index (Phi) is 6.97. The van der Waals surface area contributed by atoms with Crippen molar-refractivity contribution in [1.29, 1.82) is 0 Å². The summed E-state index contributed by atoms with van der Waals surface area (Å²) in [4.78, 5) is 0. The van der Waals surface area contributed by atoms with Crippen LogP contribution in [0.2, 0.25) is 0 Å². The number of hydrogen-bond donors (Lipinski definition) is 0. The Morgan fingerprint density at radius 3 is 2.32 bits per heavy atom. The van der Waals surface area contributed by atoms with Crippen LogP contribution in [-0.4, -0.2) is 43.9 Å². The fraction of sp³-hybridized carbons (Fsp3) is 0.750. The van der Waals surface area contributed by atoms with E-state index in [2.05, 4.69) is 0 Å². The van der Waals surface area contributed by atoms with Crippen molar-refractivity contribution in [3.8, 4) is 5.75 Å². The van der Waals surface area contributed by atoms with E-state index in [9.17, 15) is 4.39 Å². The molecular weight excluding hydrogens is 398 g/mol. The van der Waals surface area contributed by atoms with Crippen LogP contribution in [0.25, 0.3) is 0 Å². The van der Waals surface area contributed by atoms with Gasteiger partial charge in [-0.3, -0.25) is 0 Å². The molecule has 0 amide bonds. The molecule has 1 aromatic rings. The van der Waals surface area contributed by atoms with Crippen LogP contribution in [0.4, 0.5) is 4.39 Å². The molecule has 172 valence electrons. The largest absolute Gasteiger partial charge is 0.497 e. The molecule has 7 heteroatoms. The maximum absolute atomic E-state index is 14.8. The van der Waals surface area contributed by atoms with E-state index in [1.165, 1.54) is 12.5 Å². The molecule has 0 aromatic heterocycles. The third-order valence-corrected chi connectivity index (χ3v) is 7.24. The normalized spacial score (nSPS) is 30.4. The summed E-state index contributed by atoms with van der Waals surface area (Å²) in [6, 6.07) is 4.95. The van der Waals surface area contributed by atoms with Gasteiger partial charge in [-0.25, -0.2) is 4.39 Å². The van der Waals surface area contributed by atoms with Crippen LogP contribution in [0.1, 0.15) is 72.6 Å². The summed E-state index contributed by atoms with van der Waals surface area (Å²) in [6.45, 7) is 9.27. The van der Waals surface area contributed by atoms with Crippen LogP contribution < -0.4 is 10.2 Å². The number of halogens is 1. The second kappa shape index (κ2) is 9.38. The topological polar surface area (TPSA) is 46.2 Å². The van der Waals surface area contributed by atoms with Crippen molar-refractivity contribution in [3.63, 3.8) is 0 Å². The van der Waals surface area contributed by atoms with E-state index in [1.807, 2.05) is 27.7 Å². The Bertz CT molecular complexity index is 725. The van der Waals surface area contributed by atoms with E-state index in [1.54, 1.807) is 12.1 Å². The summed E-state index contributed by atoms with van der Waals surface area (Å²) in [5.41, 5.74) is -0.579. The molecule has 1 saturated carbocycles. The zero-order chi connectivity index (χ0) is 22.1. The average molecular weight is 434 g/mol. The van der Waals surface area contributed by atoms with E-state index < -0.39 is 18.3 Å². The number of benzene rings is 1. The van der Waals surface area contributed by atoms with Gasteiger partial charge >= 0.3 is 7.12 Å². The quantitative estimate of drug-likeness (QED) is 0.613. The van der Waals surface area contributed by atoms with Crippen molar-refractivity contribution in [2.45, 2.75) is 96.2 Å². The molecule has 1 aromatic carbocycles. The minimum Gasteiger partial charge on any atom is -0.493 e. The highest BCUT2D eigenvalue weighted by atomic mass is 19.1. The maximum atomic E-state index is 14.8. The van der Waals surface area contributed by atoms with Crippen LogP contribution >= 0.6 is 0 Å². The molecule has 5 nitrogen and oxygen atoms in total. The molecule has 4 rings (SSSR count). The van der Waals surface area contributed by atoms with Crippen molar-refractivity contribution < 1.29 is 27.9 Å². The van der Waals surface area contributed by atoms with Gasteiger partial charge in [-0.15, -0.1) is 0 Å². The fourth-order valence-electron chi connectivity index (χ4n) is 4.44. The van der Waals surface area contributed by atoms with Crippen molar-refractivity contribution in [2.75, 3.05) is 13.2 Å². The maximum Gasteiger partial charge on any atom is 0.497 e. The van der Waals surface area contributed by atoms with Crippen molar-refractivity contribution >= 4 is 12.6 Å². The molecule has 1 unspecified atom stereocenters. The lowest BCUT2D eigenvalue weighted by atomic mass is 9.78. The third-order valence-electron chi connectivity index (χ3n) is 7.24. The molecule has 0 bridgehead atoms. The van der Waals surface area contributed by atoms with Crippen LogP contribution in [0.3, 0.4) is 0 Å². The van der Waals surface area contributed by atoms with Crippen LogP contribution in [0.5, 0.6) is 5.75 Å². The smallest absolute Gasteiger partial charge is 0.493 e. The second-order valence-electron chi connectivity index (χ2n) is 10.2. The molecule has 2 saturated heterocycles. The molecule has 3 fully saturated rings. The van der Waals surface area contributed by atoms with Gasteiger partial charge in [0.2, 0.25) is 0 Å². The van der Waals surface area contributed by atoms with Gasteiger partial charge in [-0.2, -0.15) is 0 Å². The monoisotopic (exact) mass is 434 g/mol. The van der Waals surface area contributed by atoms with Crippen LogP contribution in [-0.2, 0) is 18.8 Å². The Hall–Kier alpha value is -1.15. The molecule has 2 heterocycles. The van der Waals surface area contributed by atoms with Crippen LogP contribution in [0.15, 0.2) is 18.2 Å². The minimum absolute atomic E-state index is 0.0167. The third kappa shape index (κ3) is 5.44. The SMILES string of the molecule is CC1(C)OB(c2ccc(OCC3CCC(OC4CCCCO4)CC3)cc2F)OC1(C)C. The van der Waals surface area contributed by atoms with E-state index >= 15 is 0 Å². The highest BCUT2D eigenvalue weighted by Crippen LogP contribution is 2.37. The molecule has 0 spiro atoms. The number of hydrogen-bond acceptors (Lipinski definition) is 5.